The summed E-state index contributed by atoms with van der Waals surface area (Å²) in [5.41, 5.74) is 13.9. The van der Waals surface area contributed by atoms with E-state index in [1.165, 1.54) is 22.3 Å². The Morgan fingerprint density at radius 2 is 1.67 bits per heavy atom. The molecule has 4 rings (SSSR count). The van der Waals surface area contributed by atoms with E-state index in [1.54, 1.807) is 0 Å². The maximum Gasteiger partial charge on any atom is 0.226 e. The molecule has 2 N–H and O–H groups in total. The minimum atomic E-state index is 0.519. The zero-order valence-electron chi connectivity index (χ0n) is 14.0. The molecule has 120 valence electrons. The van der Waals surface area contributed by atoms with Crippen molar-refractivity contribution in [3.05, 3.63) is 76.5 Å². The molecule has 4 nitrogen and oxygen atoms in total. The molecule has 0 fully saturated rings. The Kier molecular flexibility index (Phi) is 3.54. The van der Waals surface area contributed by atoms with Crippen molar-refractivity contribution in [1.29, 1.82) is 0 Å². The van der Waals surface area contributed by atoms with Gasteiger partial charge in [0, 0.05) is 32.6 Å². The average molecular weight is 316 g/mol. The average Bonchev–Trinajstić information content (AvgIpc) is 3.07. The van der Waals surface area contributed by atoms with Crippen molar-refractivity contribution in [2.24, 2.45) is 15.7 Å². The standard InChI is InChI=1S/C20H20N4/c1-24(2)20-22-18-16-10-6-3-7-13(16)11-17(19(18)23-20)15-9-5-4-8-14(15)12-21/h3-10H,11-12,21H2,1-2H3. The Bertz CT molecular complexity index is 903. The largest absolute Gasteiger partial charge is 0.347 e. The van der Waals surface area contributed by atoms with Crippen molar-refractivity contribution in [3.8, 4) is 0 Å². The van der Waals surface area contributed by atoms with Crippen molar-refractivity contribution in [1.82, 2.24) is 4.90 Å². The summed E-state index contributed by atoms with van der Waals surface area (Å²) in [6.45, 7) is 0.519. The molecule has 4 heteroatoms. The first-order valence-corrected chi connectivity index (χ1v) is 8.14. The van der Waals surface area contributed by atoms with Gasteiger partial charge in [-0.15, -0.1) is 0 Å². The third-order valence-corrected chi connectivity index (χ3v) is 4.54. The molecule has 0 saturated heterocycles. The van der Waals surface area contributed by atoms with Crippen molar-refractivity contribution in [2.45, 2.75) is 13.0 Å². The normalized spacial score (nSPS) is 15.6. The summed E-state index contributed by atoms with van der Waals surface area (Å²) in [6, 6.07) is 16.8. The zero-order valence-corrected chi connectivity index (χ0v) is 14.0. The lowest BCUT2D eigenvalue weighted by molar-refractivity contribution is 0.616. The number of hydrogen-bond donors (Lipinski definition) is 1. The molecule has 2 aromatic rings. The number of nitrogens with two attached hydrogens (primary N) is 1. The predicted octanol–water partition coefficient (Wildman–Crippen LogP) is 2.83. The lowest BCUT2D eigenvalue weighted by atomic mass is 9.83. The fourth-order valence-corrected chi connectivity index (χ4v) is 3.32. The van der Waals surface area contributed by atoms with Crippen LogP contribution in [0.2, 0.25) is 0 Å². The van der Waals surface area contributed by atoms with Crippen molar-refractivity contribution >= 4 is 17.2 Å². The van der Waals surface area contributed by atoms with Crippen LogP contribution in [0, 0.1) is 0 Å². The van der Waals surface area contributed by atoms with Crippen LogP contribution in [0.25, 0.3) is 5.57 Å². The molecule has 0 radical (unpaired) electrons. The summed E-state index contributed by atoms with van der Waals surface area (Å²) >= 11 is 0. The van der Waals surface area contributed by atoms with Gasteiger partial charge >= 0.3 is 0 Å². The Morgan fingerprint density at radius 3 is 2.42 bits per heavy atom. The smallest absolute Gasteiger partial charge is 0.226 e. The first-order valence-electron chi connectivity index (χ1n) is 8.14. The second kappa shape index (κ2) is 5.73. The van der Waals surface area contributed by atoms with Crippen molar-refractivity contribution in [2.75, 3.05) is 14.1 Å². The minimum Gasteiger partial charge on any atom is -0.347 e. The maximum atomic E-state index is 5.97. The summed E-state index contributed by atoms with van der Waals surface area (Å²) < 4.78 is 0. The van der Waals surface area contributed by atoms with Gasteiger partial charge in [0.05, 0.1) is 5.70 Å². The van der Waals surface area contributed by atoms with Gasteiger partial charge in [0.25, 0.3) is 0 Å². The van der Waals surface area contributed by atoms with Gasteiger partial charge in [-0.1, -0.05) is 48.5 Å². The molecule has 1 aliphatic heterocycles. The van der Waals surface area contributed by atoms with Crippen LogP contribution in [0.1, 0.15) is 22.3 Å². The number of fused-ring (bicyclic) bond motifs is 3. The highest BCUT2D eigenvalue weighted by Crippen LogP contribution is 2.37. The molecule has 0 unspecified atom stereocenters. The van der Waals surface area contributed by atoms with E-state index in [1.807, 2.05) is 25.1 Å². The molecule has 0 saturated carbocycles. The monoisotopic (exact) mass is 316 g/mol. The Hall–Kier alpha value is -2.72. The van der Waals surface area contributed by atoms with Gasteiger partial charge in [0.15, 0.2) is 0 Å². The highest BCUT2D eigenvalue weighted by molar-refractivity contribution is 6.25. The molecule has 0 atom stereocenters. The topological polar surface area (TPSA) is 54.0 Å². The molecule has 0 aromatic heterocycles. The number of allylic oxidation sites excluding steroid dienone is 2. The van der Waals surface area contributed by atoms with Crippen LogP contribution < -0.4 is 5.73 Å². The molecular weight excluding hydrogens is 296 g/mol. The molecule has 0 amide bonds. The summed E-state index contributed by atoms with van der Waals surface area (Å²) in [4.78, 5) is 11.6. The van der Waals surface area contributed by atoms with Crippen LogP contribution >= 0.6 is 0 Å². The number of nitrogens with zero attached hydrogens (tertiary/aromatic N) is 3. The van der Waals surface area contributed by atoms with Crippen molar-refractivity contribution in [3.63, 3.8) is 0 Å². The van der Waals surface area contributed by atoms with E-state index in [9.17, 15) is 0 Å². The lowest BCUT2D eigenvalue weighted by Gasteiger charge is -2.22. The van der Waals surface area contributed by atoms with Crippen molar-refractivity contribution < 1.29 is 0 Å². The van der Waals surface area contributed by atoms with Gasteiger partial charge in [-0.3, -0.25) is 0 Å². The van der Waals surface area contributed by atoms with Gasteiger partial charge in [-0.25, -0.2) is 9.98 Å². The lowest BCUT2D eigenvalue weighted by Crippen LogP contribution is -2.18. The SMILES string of the molecule is CN(C)C1=NC2=C(c3ccccc3CN)Cc3ccccc3C2=N1. The van der Waals surface area contributed by atoms with Crippen LogP contribution in [0.3, 0.4) is 0 Å². The van der Waals surface area contributed by atoms with E-state index in [4.69, 9.17) is 15.7 Å². The third kappa shape index (κ3) is 2.27. The van der Waals surface area contributed by atoms with E-state index in [-0.39, 0.29) is 0 Å². The van der Waals surface area contributed by atoms with Gasteiger partial charge in [0.1, 0.15) is 5.71 Å². The molecule has 0 bridgehead atoms. The van der Waals surface area contributed by atoms with Gasteiger partial charge < -0.3 is 10.6 Å². The number of guanidine groups is 1. The molecule has 1 aliphatic carbocycles. The van der Waals surface area contributed by atoms with Gasteiger partial charge in [-0.2, -0.15) is 0 Å². The van der Waals surface area contributed by atoms with E-state index < -0.39 is 0 Å². The Morgan fingerprint density at radius 1 is 0.958 bits per heavy atom. The quantitative estimate of drug-likeness (QED) is 0.926. The molecular formula is C20H20N4. The van der Waals surface area contributed by atoms with Gasteiger partial charge in [0.2, 0.25) is 5.96 Å². The van der Waals surface area contributed by atoms with Crippen LogP contribution in [0.15, 0.2) is 64.2 Å². The molecule has 24 heavy (non-hydrogen) atoms. The molecule has 2 aromatic carbocycles. The summed E-state index contributed by atoms with van der Waals surface area (Å²) in [5.74, 6) is 0.749. The fraction of sp³-hybridized carbons (Fsp3) is 0.200. The van der Waals surface area contributed by atoms with Crippen LogP contribution in [-0.4, -0.2) is 30.7 Å². The summed E-state index contributed by atoms with van der Waals surface area (Å²) in [6.07, 6.45) is 0.853. The number of benzene rings is 2. The fourth-order valence-electron chi connectivity index (χ4n) is 3.32. The van der Waals surface area contributed by atoms with Crippen LogP contribution in [0.4, 0.5) is 0 Å². The maximum absolute atomic E-state index is 5.97. The highest BCUT2D eigenvalue weighted by Gasteiger charge is 2.30. The molecule has 0 spiro atoms. The molecule has 2 aliphatic rings. The highest BCUT2D eigenvalue weighted by atomic mass is 15.3. The van der Waals surface area contributed by atoms with Gasteiger partial charge in [-0.05, 0) is 22.3 Å². The van der Waals surface area contributed by atoms with Crippen LogP contribution in [-0.2, 0) is 13.0 Å². The van der Waals surface area contributed by atoms with E-state index in [2.05, 4.69) is 42.5 Å². The second-order valence-corrected chi connectivity index (χ2v) is 6.29. The number of hydrogen-bond acceptors (Lipinski definition) is 4. The summed E-state index contributed by atoms with van der Waals surface area (Å²) in [5, 5.41) is 0. The first-order chi connectivity index (χ1) is 11.7. The Labute approximate surface area is 142 Å². The second-order valence-electron chi connectivity index (χ2n) is 6.29. The number of rotatable bonds is 2. The Balaban J connectivity index is 1.96. The first kappa shape index (κ1) is 14.8. The predicted molar refractivity (Wildman–Crippen MR) is 99.1 cm³/mol. The van der Waals surface area contributed by atoms with E-state index in [0.717, 1.165) is 29.4 Å². The van der Waals surface area contributed by atoms with E-state index >= 15 is 0 Å². The third-order valence-electron chi connectivity index (χ3n) is 4.54. The minimum absolute atomic E-state index is 0.519. The van der Waals surface area contributed by atoms with Crippen LogP contribution in [0.5, 0.6) is 0 Å². The number of aliphatic imine (C=N–C) groups is 2. The summed E-state index contributed by atoms with van der Waals surface area (Å²) in [7, 11) is 3.94. The van der Waals surface area contributed by atoms with E-state index in [0.29, 0.717) is 6.54 Å². The molecule has 1 heterocycles. The zero-order chi connectivity index (χ0) is 16.7.